The Balaban J connectivity index is 1.46. The largest absolute Gasteiger partial charge is 0.497 e. The number of carbonyl (C=O) groups excluding carboxylic acids is 1. The molecule has 2 heterocycles. The zero-order valence-corrected chi connectivity index (χ0v) is 22.6. The molecular weight excluding hydrogens is 480 g/mol. The normalized spacial score (nSPS) is 11.8. The van der Waals surface area contributed by atoms with Crippen molar-refractivity contribution in [3.05, 3.63) is 83.8 Å². The fraction of sp³-hybridized carbons (Fsp3) is 0.400. The lowest BCUT2D eigenvalue weighted by molar-refractivity contribution is -0.143. The number of esters is 1. The molecule has 0 saturated heterocycles. The van der Waals surface area contributed by atoms with Crippen molar-refractivity contribution in [3.8, 4) is 11.8 Å². The van der Waals surface area contributed by atoms with Crippen LogP contribution in [0.15, 0.2) is 67.0 Å². The van der Waals surface area contributed by atoms with Crippen LogP contribution in [-0.2, 0) is 22.5 Å². The number of carbonyl (C=O) groups is 1. The van der Waals surface area contributed by atoms with Crippen molar-refractivity contribution < 1.29 is 19.0 Å². The summed E-state index contributed by atoms with van der Waals surface area (Å²) in [6, 6.07) is 14.4. The number of rotatable bonds is 16. The SMILES string of the molecule is CCOC(=O)CC(C=CCCCCc1cccc(NCc2ccc(OC)cc2)n1)c1cnc(OCC)nc1. The Morgan fingerprint density at radius 1 is 1.03 bits per heavy atom. The van der Waals surface area contributed by atoms with E-state index in [1.807, 2.05) is 50.2 Å². The van der Waals surface area contributed by atoms with Gasteiger partial charge in [-0.25, -0.2) is 15.0 Å². The molecule has 38 heavy (non-hydrogen) atoms. The van der Waals surface area contributed by atoms with Gasteiger partial charge >= 0.3 is 12.0 Å². The topological polar surface area (TPSA) is 95.5 Å². The smallest absolute Gasteiger partial charge is 0.316 e. The highest BCUT2D eigenvalue weighted by atomic mass is 16.5. The standard InChI is InChI=1S/C30H38N4O4/c1-4-37-29(35)19-24(25-21-32-30(33-22-25)38-5-2)11-8-6-7-9-12-26-13-10-14-28(34-26)31-20-23-15-17-27(36-3)18-16-23/h8,10-11,13-18,21-22,24H,4-7,9,12,19-20H2,1-3H3,(H,31,34). The lowest BCUT2D eigenvalue weighted by Crippen LogP contribution is -2.10. The van der Waals surface area contributed by atoms with Crippen molar-refractivity contribution in [1.82, 2.24) is 15.0 Å². The number of allylic oxidation sites excluding steroid dienone is 2. The molecule has 0 spiro atoms. The summed E-state index contributed by atoms with van der Waals surface area (Å²) in [4.78, 5) is 25.4. The molecule has 202 valence electrons. The Kier molecular flexibility index (Phi) is 12.1. The third kappa shape index (κ3) is 9.84. The number of pyridine rings is 1. The van der Waals surface area contributed by atoms with Crippen LogP contribution >= 0.6 is 0 Å². The first-order valence-electron chi connectivity index (χ1n) is 13.2. The van der Waals surface area contributed by atoms with Gasteiger partial charge in [-0.2, -0.15) is 0 Å². The molecule has 8 heteroatoms. The average Bonchev–Trinajstić information content (AvgIpc) is 2.94. The minimum absolute atomic E-state index is 0.139. The molecule has 0 radical (unpaired) electrons. The van der Waals surface area contributed by atoms with Crippen molar-refractivity contribution in [2.45, 2.75) is 58.4 Å². The van der Waals surface area contributed by atoms with Gasteiger partial charge < -0.3 is 19.5 Å². The van der Waals surface area contributed by atoms with Gasteiger partial charge in [0, 0.05) is 30.6 Å². The Bertz CT molecular complexity index is 1130. The first kappa shape index (κ1) is 28.6. The maximum absolute atomic E-state index is 12.1. The zero-order chi connectivity index (χ0) is 27.0. The van der Waals surface area contributed by atoms with Crippen LogP contribution in [0.5, 0.6) is 11.8 Å². The summed E-state index contributed by atoms with van der Waals surface area (Å²) in [5, 5.41) is 3.39. The van der Waals surface area contributed by atoms with Gasteiger partial charge in [0.1, 0.15) is 11.6 Å². The van der Waals surface area contributed by atoms with Gasteiger partial charge in [0.25, 0.3) is 0 Å². The maximum atomic E-state index is 12.1. The van der Waals surface area contributed by atoms with Gasteiger partial charge in [-0.1, -0.05) is 30.4 Å². The minimum Gasteiger partial charge on any atom is -0.497 e. The van der Waals surface area contributed by atoms with Crippen molar-refractivity contribution in [3.63, 3.8) is 0 Å². The van der Waals surface area contributed by atoms with E-state index in [9.17, 15) is 4.79 Å². The average molecular weight is 519 g/mol. The van der Waals surface area contributed by atoms with Crippen LogP contribution in [0.4, 0.5) is 5.82 Å². The molecule has 0 bridgehead atoms. The molecule has 0 aliphatic rings. The molecule has 3 rings (SSSR count). The number of hydrogen-bond acceptors (Lipinski definition) is 8. The van der Waals surface area contributed by atoms with E-state index in [4.69, 9.17) is 19.2 Å². The molecule has 1 atom stereocenters. The Morgan fingerprint density at radius 2 is 1.82 bits per heavy atom. The molecule has 3 aromatic rings. The predicted octanol–water partition coefficient (Wildman–Crippen LogP) is 5.90. The number of methoxy groups -OCH3 is 1. The highest BCUT2D eigenvalue weighted by Crippen LogP contribution is 2.22. The number of ether oxygens (including phenoxy) is 3. The number of benzene rings is 1. The van der Waals surface area contributed by atoms with Gasteiger partial charge in [-0.15, -0.1) is 0 Å². The second-order valence-electron chi connectivity index (χ2n) is 8.74. The number of unbranched alkanes of at least 4 members (excludes halogenated alkanes) is 2. The Hall–Kier alpha value is -3.94. The lowest BCUT2D eigenvalue weighted by Gasteiger charge is -2.12. The molecule has 0 amide bonds. The van der Waals surface area contributed by atoms with E-state index < -0.39 is 0 Å². The molecule has 0 aliphatic carbocycles. The van der Waals surface area contributed by atoms with E-state index in [2.05, 4.69) is 33.5 Å². The molecule has 8 nitrogen and oxygen atoms in total. The molecule has 1 N–H and O–H groups in total. The number of aromatic nitrogens is 3. The fourth-order valence-corrected chi connectivity index (χ4v) is 3.90. The van der Waals surface area contributed by atoms with Crippen molar-refractivity contribution >= 4 is 11.8 Å². The summed E-state index contributed by atoms with van der Waals surface area (Å²) in [5.41, 5.74) is 3.10. The van der Waals surface area contributed by atoms with E-state index in [-0.39, 0.29) is 18.3 Å². The molecule has 1 aromatic carbocycles. The van der Waals surface area contributed by atoms with Crippen LogP contribution < -0.4 is 14.8 Å². The lowest BCUT2D eigenvalue weighted by atomic mass is 9.97. The first-order chi connectivity index (χ1) is 18.6. The quantitative estimate of drug-likeness (QED) is 0.142. The Morgan fingerprint density at radius 3 is 2.53 bits per heavy atom. The van der Waals surface area contributed by atoms with Crippen LogP contribution in [0, 0.1) is 0 Å². The van der Waals surface area contributed by atoms with Gasteiger partial charge in [-0.3, -0.25) is 4.79 Å². The fourth-order valence-electron chi connectivity index (χ4n) is 3.90. The monoisotopic (exact) mass is 518 g/mol. The maximum Gasteiger partial charge on any atom is 0.316 e. The summed E-state index contributed by atoms with van der Waals surface area (Å²) >= 11 is 0. The zero-order valence-electron chi connectivity index (χ0n) is 22.6. The second-order valence-corrected chi connectivity index (χ2v) is 8.74. The molecule has 0 fully saturated rings. The van der Waals surface area contributed by atoms with Crippen LogP contribution in [0.2, 0.25) is 0 Å². The summed E-state index contributed by atoms with van der Waals surface area (Å²) in [6.07, 6.45) is 11.7. The molecule has 0 aliphatic heterocycles. The number of nitrogens with zero attached hydrogens (tertiary/aromatic N) is 3. The van der Waals surface area contributed by atoms with E-state index in [0.29, 0.717) is 25.8 Å². The van der Waals surface area contributed by atoms with Crippen LogP contribution in [0.1, 0.15) is 62.3 Å². The van der Waals surface area contributed by atoms with Gasteiger partial charge in [0.15, 0.2) is 0 Å². The van der Waals surface area contributed by atoms with E-state index in [1.165, 1.54) is 5.56 Å². The van der Waals surface area contributed by atoms with Crippen LogP contribution in [0.25, 0.3) is 0 Å². The third-order valence-corrected chi connectivity index (χ3v) is 5.90. The number of aryl methyl sites for hydroxylation is 1. The molecule has 1 unspecified atom stereocenters. The summed E-state index contributed by atoms with van der Waals surface area (Å²) in [6.45, 7) is 5.27. The van der Waals surface area contributed by atoms with Crippen molar-refractivity contribution in [1.29, 1.82) is 0 Å². The molecule has 0 saturated carbocycles. The van der Waals surface area contributed by atoms with Crippen LogP contribution in [-0.4, -0.2) is 41.2 Å². The number of hydrogen-bond donors (Lipinski definition) is 1. The first-order valence-corrected chi connectivity index (χ1v) is 13.2. The molecular formula is C30H38N4O4. The van der Waals surface area contributed by atoms with E-state index in [1.54, 1.807) is 19.5 Å². The minimum atomic E-state index is -0.234. The Labute approximate surface area is 225 Å². The summed E-state index contributed by atoms with van der Waals surface area (Å²) < 4.78 is 15.7. The van der Waals surface area contributed by atoms with Gasteiger partial charge in [-0.05, 0) is 74.9 Å². The summed E-state index contributed by atoms with van der Waals surface area (Å²) in [7, 11) is 1.67. The predicted molar refractivity (Wildman–Crippen MR) is 148 cm³/mol. The van der Waals surface area contributed by atoms with Gasteiger partial charge in [0.05, 0.1) is 26.7 Å². The molecule has 2 aromatic heterocycles. The summed E-state index contributed by atoms with van der Waals surface area (Å²) in [5.74, 6) is 1.35. The number of nitrogens with one attached hydrogen (secondary N) is 1. The second kappa shape index (κ2) is 16.0. The van der Waals surface area contributed by atoms with Crippen molar-refractivity contribution in [2.24, 2.45) is 0 Å². The highest BCUT2D eigenvalue weighted by Gasteiger charge is 2.15. The highest BCUT2D eigenvalue weighted by molar-refractivity contribution is 5.71. The van der Waals surface area contributed by atoms with E-state index in [0.717, 1.165) is 48.5 Å². The van der Waals surface area contributed by atoms with Gasteiger partial charge in [0.2, 0.25) is 0 Å². The third-order valence-electron chi connectivity index (χ3n) is 5.90. The van der Waals surface area contributed by atoms with E-state index >= 15 is 0 Å². The number of anilines is 1. The van der Waals surface area contributed by atoms with Crippen molar-refractivity contribution in [2.75, 3.05) is 25.6 Å². The van der Waals surface area contributed by atoms with Crippen LogP contribution in [0.3, 0.4) is 0 Å².